The van der Waals surface area contributed by atoms with Crippen LogP contribution in [0.1, 0.15) is 55.4 Å². The molecule has 7 aromatic rings. The van der Waals surface area contributed by atoms with E-state index in [2.05, 4.69) is 82.8 Å². The standard InChI is InChI=1S/C92H138N8O24S4/c1-9-101-25-33-109-41-49-117-61-73(62-118-50-42-110-34-26-102-10-2)125-69-17-21-77-81(57-69)89-94-85(77)93-86-78-22-18-70(126-74(63-119-51-43-111-35-27-103-11-3)64-120-52-44-112-36-28-104-12-4)58-82(78)90(95-86)97-88-80-24-20-72(128-76(67-123-55-47-115-39-31-107-15-7)68-124-56-48-116-40-32-108-16-8)60-84(80)92(99-88)100-91-83-59-71(19-23-79(83)87(96-89)98-91)127-75(65-121-53-45-113-37-29-105-13-5)66-122-54-46-114-38-30-106-14-6/h17-24,57-60,73-76H,9-16,25-56,61-68H2,1-8H3,(H2,93,94,95,96,97,98,99,100). The molecule has 0 saturated heterocycles. The summed E-state index contributed by atoms with van der Waals surface area (Å²) in [6, 6.07) is 25.2. The van der Waals surface area contributed by atoms with Crippen molar-refractivity contribution in [2.45, 2.75) is 96.0 Å². The molecule has 36 heteroatoms. The molecule has 0 fully saturated rings. The van der Waals surface area contributed by atoms with E-state index in [4.69, 9.17) is 144 Å². The fourth-order valence-electron chi connectivity index (χ4n) is 12.8. The van der Waals surface area contributed by atoms with E-state index in [1.807, 2.05) is 55.4 Å². The molecule has 8 bridgehead atoms. The Kier molecular flexibility index (Phi) is 55.6. The topological polar surface area (TPSA) is 330 Å². The molecule has 2 aliphatic heterocycles. The molecule has 4 aromatic carbocycles. The Morgan fingerprint density at radius 2 is 0.375 bits per heavy atom. The van der Waals surface area contributed by atoms with Crippen LogP contribution in [0, 0.1) is 0 Å². The molecule has 32 nitrogen and oxygen atoms in total. The third-order valence-electron chi connectivity index (χ3n) is 18.9. The summed E-state index contributed by atoms with van der Waals surface area (Å²) in [5, 5.41) is 2.54. The lowest BCUT2D eigenvalue weighted by atomic mass is 10.1. The first-order valence-corrected chi connectivity index (χ1v) is 48.7. The molecular formula is C92H138N8O24S4. The second-order valence-corrected chi connectivity index (χ2v) is 34.0. The Hall–Kier alpha value is -5.32. The van der Waals surface area contributed by atoms with Crippen LogP contribution < -0.4 is 0 Å². The zero-order valence-electron chi connectivity index (χ0n) is 76.3. The molecule has 0 saturated carbocycles. The Morgan fingerprint density at radius 3 is 0.594 bits per heavy atom. The van der Waals surface area contributed by atoms with Crippen LogP contribution in [0.5, 0.6) is 0 Å². The zero-order valence-corrected chi connectivity index (χ0v) is 79.6. The molecule has 9 rings (SSSR count). The van der Waals surface area contributed by atoms with E-state index < -0.39 is 0 Å². The predicted molar refractivity (Wildman–Crippen MR) is 500 cm³/mol. The number of aromatic nitrogens is 8. The normalized spacial score (nSPS) is 12.2. The number of H-pyrrole nitrogens is 2. The number of hydrogen-bond acceptors (Lipinski definition) is 34. The maximum Gasteiger partial charge on any atom is 0.164 e. The highest BCUT2D eigenvalue weighted by Gasteiger charge is 2.27. The van der Waals surface area contributed by atoms with E-state index in [9.17, 15) is 0 Å². The number of hydrogen-bond donors (Lipinski definition) is 2. The summed E-state index contributed by atoms with van der Waals surface area (Å²) in [4.78, 5) is 44.4. The molecule has 0 unspecified atom stereocenters. The zero-order chi connectivity index (χ0) is 89.7. The second-order valence-electron chi connectivity index (χ2n) is 28.5. The van der Waals surface area contributed by atoms with Gasteiger partial charge in [0.2, 0.25) is 0 Å². The highest BCUT2D eigenvalue weighted by Crippen LogP contribution is 2.42. The third-order valence-corrected chi connectivity index (χ3v) is 23.5. The van der Waals surface area contributed by atoms with Gasteiger partial charge in [-0.15, -0.1) is 47.0 Å². The van der Waals surface area contributed by atoms with Crippen LogP contribution in [-0.2, 0) is 114 Å². The quantitative estimate of drug-likeness (QED) is 0.0264. The van der Waals surface area contributed by atoms with E-state index >= 15 is 0 Å². The van der Waals surface area contributed by atoms with E-state index in [-0.39, 0.29) is 21.0 Å². The van der Waals surface area contributed by atoms with Gasteiger partial charge in [-0.1, -0.05) is 0 Å². The first kappa shape index (κ1) is 106. The largest absolute Gasteiger partial charge is 0.379 e. The number of fused-ring (bicyclic) bond motifs is 20. The second kappa shape index (κ2) is 67.0. The lowest BCUT2D eigenvalue weighted by Gasteiger charge is -2.18. The van der Waals surface area contributed by atoms with Gasteiger partial charge in [0.05, 0.1) is 285 Å². The van der Waals surface area contributed by atoms with Gasteiger partial charge in [0.1, 0.15) is 22.6 Å². The minimum atomic E-state index is -0.155. The average Bonchev–Trinajstić information content (AvgIpc) is 1.60. The Balaban J connectivity index is 1.19. The smallest absolute Gasteiger partial charge is 0.164 e. The Bertz CT molecular complexity index is 4220. The first-order valence-electron chi connectivity index (χ1n) is 45.2. The lowest BCUT2D eigenvalue weighted by Crippen LogP contribution is -2.22. The molecule has 128 heavy (non-hydrogen) atoms. The van der Waals surface area contributed by atoms with Crippen LogP contribution >= 0.6 is 47.0 Å². The summed E-state index contributed by atoms with van der Waals surface area (Å²) in [5.74, 6) is 1.70. The van der Waals surface area contributed by atoms with Crippen molar-refractivity contribution in [3.8, 4) is 45.6 Å². The number of nitrogens with one attached hydrogen (secondary N) is 2. The number of thioether (sulfide) groups is 4. The third kappa shape index (κ3) is 40.5. The van der Waals surface area contributed by atoms with Crippen molar-refractivity contribution in [3.63, 3.8) is 0 Å². The highest BCUT2D eigenvalue weighted by atomic mass is 32.2. The van der Waals surface area contributed by atoms with E-state index in [1.165, 1.54) is 0 Å². The number of nitrogens with zero attached hydrogens (tertiary/aromatic N) is 6. The van der Waals surface area contributed by atoms with Gasteiger partial charge in [-0.05, 0) is 128 Å². The summed E-state index contributed by atoms with van der Waals surface area (Å²) in [7, 11) is 0. The van der Waals surface area contributed by atoms with Crippen LogP contribution in [0.4, 0.5) is 0 Å². The van der Waals surface area contributed by atoms with Crippen molar-refractivity contribution in [2.24, 2.45) is 0 Å². The summed E-state index contributed by atoms with van der Waals surface area (Å²) in [6.45, 7) is 38.1. The Morgan fingerprint density at radius 1 is 0.195 bits per heavy atom. The number of rotatable bonds is 80. The van der Waals surface area contributed by atoms with Crippen molar-refractivity contribution >= 4 is 91.2 Å². The molecule has 3 aromatic heterocycles. The lowest BCUT2D eigenvalue weighted by molar-refractivity contribution is 0.00330. The van der Waals surface area contributed by atoms with Gasteiger partial charge in [0.15, 0.2) is 23.3 Å². The van der Waals surface area contributed by atoms with Gasteiger partial charge >= 0.3 is 0 Å². The van der Waals surface area contributed by atoms with Gasteiger partial charge < -0.3 is 124 Å². The fourth-order valence-corrected chi connectivity index (χ4v) is 17.0. The van der Waals surface area contributed by atoms with Gasteiger partial charge in [-0.25, -0.2) is 29.9 Å². The number of ether oxygens (including phenoxy) is 24. The summed E-state index contributed by atoms with van der Waals surface area (Å²) in [5.41, 5.74) is 5.07. The minimum absolute atomic E-state index is 0.143. The van der Waals surface area contributed by atoms with Crippen LogP contribution in [0.15, 0.2) is 92.4 Å². The van der Waals surface area contributed by atoms with Crippen LogP contribution in [-0.4, -0.2) is 378 Å². The predicted octanol–water partition coefficient (Wildman–Crippen LogP) is 13.3. The summed E-state index contributed by atoms with van der Waals surface area (Å²) < 4.78 is 142. The van der Waals surface area contributed by atoms with Crippen LogP contribution in [0.3, 0.4) is 0 Å². The van der Waals surface area contributed by atoms with Gasteiger partial charge in [-0.3, -0.25) is 0 Å². The Labute approximate surface area is 771 Å². The van der Waals surface area contributed by atoms with Crippen molar-refractivity contribution < 1.29 is 114 Å². The van der Waals surface area contributed by atoms with E-state index in [1.54, 1.807) is 47.0 Å². The number of benzene rings is 4. The van der Waals surface area contributed by atoms with Crippen molar-refractivity contribution in [1.82, 2.24) is 39.9 Å². The summed E-state index contributed by atoms with van der Waals surface area (Å²) in [6.07, 6.45) is 0. The fraction of sp³-hybridized carbons (Fsp3) is 0.652. The van der Waals surface area contributed by atoms with Crippen molar-refractivity contribution in [2.75, 3.05) is 317 Å². The van der Waals surface area contributed by atoms with Gasteiger partial charge in [0.25, 0.3) is 0 Å². The monoisotopic (exact) mass is 1870 g/mol. The molecule has 5 heterocycles. The van der Waals surface area contributed by atoms with Crippen LogP contribution in [0.2, 0.25) is 0 Å². The minimum Gasteiger partial charge on any atom is -0.379 e. The molecule has 0 atom stereocenters. The molecule has 0 spiro atoms. The molecular weight excluding hydrogens is 1730 g/mol. The van der Waals surface area contributed by atoms with Gasteiger partial charge in [0, 0.05) is 116 Å². The SMILES string of the molecule is CCOCCOCCOCC(COCCOCCOCC)Sc1ccc2c(c1)-c1nc-2nc2[nH]c(nc3nc(nc4[nH]c(n1)c1ccc(SC(COCCOCCOCC)COCCOCCOCC)cc41)-c1cc(SC(COCCOCCOCC)COCCOCCOCC)ccc1-3)c1cc(SC(COCCOCCOCC)COCCOCCOCC)ccc21. The molecule has 0 radical (unpaired) electrons. The maximum atomic E-state index is 6.34. The highest BCUT2D eigenvalue weighted by molar-refractivity contribution is 8.00. The molecule has 0 aliphatic carbocycles. The van der Waals surface area contributed by atoms with Crippen molar-refractivity contribution in [1.29, 1.82) is 0 Å². The van der Waals surface area contributed by atoms with E-state index in [0.29, 0.717) is 363 Å². The number of aromatic amines is 2. The molecule has 714 valence electrons. The van der Waals surface area contributed by atoms with E-state index in [0.717, 1.165) is 63.4 Å². The first-order chi connectivity index (χ1) is 63.3. The summed E-state index contributed by atoms with van der Waals surface area (Å²) >= 11 is 6.58. The van der Waals surface area contributed by atoms with Crippen LogP contribution in [0.25, 0.3) is 89.7 Å². The average molecular weight is 1870 g/mol. The maximum absolute atomic E-state index is 6.34. The molecule has 0 amide bonds. The molecule has 2 N–H and O–H groups in total. The van der Waals surface area contributed by atoms with Gasteiger partial charge in [-0.2, -0.15) is 0 Å². The molecule has 2 aliphatic rings. The van der Waals surface area contributed by atoms with Crippen molar-refractivity contribution in [3.05, 3.63) is 72.8 Å².